The van der Waals surface area contributed by atoms with Gasteiger partial charge >= 0.3 is 0 Å². The molecule has 0 saturated carbocycles. The molecular weight excluding hydrogens is 336 g/mol. The van der Waals surface area contributed by atoms with Gasteiger partial charge in [-0.1, -0.05) is 56.8 Å². The van der Waals surface area contributed by atoms with Gasteiger partial charge in [-0.2, -0.15) is 0 Å². The molecule has 0 spiro atoms. The van der Waals surface area contributed by atoms with Gasteiger partial charge in [0.05, 0.1) is 5.69 Å². The van der Waals surface area contributed by atoms with Crippen molar-refractivity contribution in [3.05, 3.63) is 54.1 Å². The summed E-state index contributed by atoms with van der Waals surface area (Å²) >= 11 is 1.87. The quantitative estimate of drug-likeness (QED) is 0.830. The Bertz CT molecular complexity index is 643. The van der Waals surface area contributed by atoms with Crippen LogP contribution in [0.1, 0.15) is 26.3 Å². The molecule has 2 aromatic rings. The second kappa shape index (κ2) is 8.28. The van der Waals surface area contributed by atoms with Gasteiger partial charge in [0.25, 0.3) is 0 Å². The maximum atomic E-state index is 3.43. The summed E-state index contributed by atoms with van der Waals surface area (Å²) in [6, 6.07) is 17.8. The molecule has 1 saturated heterocycles. The number of halogens is 1. The predicted molar refractivity (Wildman–Crippen MR) is 108 cm³/mol. The molecular formula is C20H27ClN2S. The molecule has 2 aromatic carbocycles. The van der Waals surface area contributed by atoms with Crippen LogP contribution in [-0.4, -0.2) is 26.2 Å². The first-order valence-corrected chi connectivity index (χ1v) is 9.19. The SMILES string of the molecule is CC(C)(C)c1ccc(Sc2ccccc2N2CCNCC2)cc1.Cl. The lowest BCUT2D eigenvalue weighted by molar-refractivity contribution is 0.587. The minimum atomic E-state index is 0. The molecule has 0 aliphatic carbocycles. The van der Waals surface area contributed by atoms with Crippen LogP contribution in [0.15, 0.2) is 58.3 Å². The van der Waals surface area contributed by atoms with E-state index in [2.05, 4.69) is 79.5 Å². The van der Waals surface area contributed by atoms with Crippen LogP contribution in [0.25, 0.3) is 0 Å². The maximum Gasteiger partial charge on any atom is 0.0508 e. The number of rotatable bonds is 3. The average molecular weight is 363 g/mol. The molecule has 1 N–H and O–H groups in total. The molecule has 0 aromatic heterocycles. The Balaban J connectivity index is 0.00000208. The first-order valence-electron chi connectivity index (χ1n) is 8.37. The summed E-state index contributed by atoms with van der Waals surface area (Å²) in [5.41, 5.74) is 2.96. The van der Waals surface area contributed by atoms with Crippen molar-refractivity contribution in [2.24, 2.45) is 0 Å². The van der Waals surface area contributed by atoms with E-state index in [1.807, 2.05) is 11.8 Å². The van der Waals surface area contributed by atoms with Crippen LogP contribution >= 0.6 is 24.2 Å². The van der Waals surface area contributed by atoms with E-state index in [1.165, 1.54) is 21.0 Å². The number of piperazine rings is 1. The summed E-state index contributed by atoms with van der Waals surface area (Å²) in [6.45, 7) is 11.1. The second-order valence-corrected chi connectivity index (χ2v) is 8.20. The fraction of sp³-hybridized carbons (Fsp3) is 0.400. The molecule has 24 heavy (non-hydrogen) atoms. The number of para-hydroxylation sites is 1. The van der Waals surface area contributed by atoms with Crippen LogP contribution in [0.2, 0.25) is 0 Å². The molecule has 2 nitrogen and oxygen atoms in total. The maximum absolute atomic E-state index is 3.43. The molecule has 0 bridgehead atoms. The highest BCUT2D eigenvalue weighted by Crippen LogP contribution is 2.36. The largest absolute Gasteiger partial charge is 0.368 e. The zero-order valence-corrected chi connectivity index (χ0v) is 16.3. The van der Waals surface area contributed by atoms with E-state index in [1.54, 1.807) is 0 Å². The van der Waals surface area contributed by atoms with E-state index in [9.17, 15) is 0 Å². The third-order valence-electron chi connectivity index (χ3n) is 4.27. The highest BCUT2D eigenvalue weighted by Gasteiger charge is 2.16. The number of benzene rings is 2. The minimum Gasteiger partial charge on any atom is -0.368 e. The zero-order chi connectivity index (χ0) is 16.3. The molecule has 0 atom stereocenters. The Kier molecular flexibility index (Phi) is 6.62. The van der Waals surface area contributed by atoms with Gasteiger partial charge in [0.15, 0.2) is 0 Å². The Morgan fingerprint density at radius 3 is 2.17 bits per heavy atom. The number of anilines is 1. The van der Waals surface area contributed by atoms with Crippen molar-refractivity contribution in [3.8, 4) is 0 Å². The summed E-state index contributed by atoms with van der Waals surface area (Å²) < 4.78 is 0. The molecule has 1 heterocycles. The van der Waals surface area contributed by atoms with E-state index >= 15 is 0 Å². The van der Waals surface area contributed by atoms with Crippen LogP contribution < -0.4 is 10.2 Å². The van der Waals surface area contributed by atoms with Crippen LogP contribution in [-0.2, 0) is 5.41 Å². The Labute approximate surface area is 156 Å². The summed E-state index contributed by atoms with van der Waals surface area (Å²) in [7, 11) is 0. The lowest BCUT2D eigenvalue weighted by Gasteiger charge is -2.31. The molecule has 0 radical (unpaired) electrons. The van der Waals surface area contributed by atoms with Crippen molar-refractivity contribution in [2.45, 2.75) is 36.0 Å². The first kappa shape index (κ1) is 19.2. The fourth-order valence-electron chi connectivity index (χ4n) is 2.86. The van der Waals surface area contributed by atoms with Crippen LogP contribution in [0.3, 0.4) is 0 Å². The summed E-state index contributed by atoms with van der Waals surface area (Å²) in [4.78, 5) is 5.14. The van der Waals surface area contributed by atoms with Gasteiger partial charge in [-0.05, 0) is 35.2 Å². The van der Waals surface area contributed by atoms with Crippen LogP contribution in [0.4, 0.5) is 5.69 Å². The molecule has 4 heteroatoms. The topological polar surface area (TPSA) is 15.3 Å². The highest BCUT2D eigenvalue weighted by atomic mass is 35.5. The number of hydrogen-bond donors (Lipinski definition) is 1. The van der Waals surface area contributed by atoms with Crippen LogP contribution in [0.5, 0.6) is 0 Å². The molecule has 1 aliphatic heterocycles. The Hall–Kier alpha value is -1.16. The van der Waals surface area contributed by atoms with Crippen molar-refractivity contribution in [3.63, 3.8) is 0 Å². The monoisotopic (exact) mass is 362 g/mol. The van der Waals surface area contributed by atoms with E-state index in [0.29, 0.717) is 0 Å². The highest BCUT2D eigenvalue weighted by molar-refractivity contribution is 7.99. The number of hydrogen-bond acceptors (Lipinski definition) is 3. The zero-order valence-electron chi connectivity index (χ0n) is 14.7. The standard InChI is InChI=1S/C20H26N2S.ClH/c1-20(2,3)16-8-10-17(11-9-16)23-19-7-5-4-6-18(19)22-14-12-21-13-15-22;/h4-11,21H,12-15H2,1-3H3;1H. The summed E-state index contributed by atoms with van der Waals surface area (Å²) in [5.74, 6) is 0. The average Bonchev–Trinajstić information content (AvgIpc) is 2.56. The number of nitrogens with zero attached hydrogens (tertiary/aromatic N) is 1. The summed E-state index contributed by atoms with van der Waals surface area (Å²) in [6.07, 6.45) is 0. The van der Waals surface area contributed by atoms with Gasteiger partial charge in [0, 0.05) is 36.0 Å². The Morgan fingerprint density at radius 1 is 0.917 bits per heavy atom. The predicted octanol–water partition coefficient (Wildman–Crippen LogP) is 4.97. The molecule has 0 amide bonds. The van der Waals surface area contributed by atoms with Gasteiger partial charge in [0.2, 0.25) is 0 Å². The van der Waals surface area contributed by atoms with Gasteiger partial charge in [0.1, 0.15) is 0 Å². The van der Waals surface area contributed by atoms with Crippen molar-refractivity contribution in [1.82, 2.24) is 5.32 Å². The molecule has 1 aliphatic rings. The van der Waals surface area contributed by atoms with E-state index < -0.39 is 0 Å². The Morgan fingerprint density at radius 2 is 1.54 bits per heavy atom. The second-order valence-electron chi connectivity index (χ2n) is 7.08. The van der Waals surface area contributed by atoms with E-state index in [0.717, 1.165) is 26.2 Å². The van der Waals surface area contributed by atoms with Crippen molar-refractivity contribution in [2.75, 3.05) is 31.1 Å². The lowest BCUT2D eigenvalue weighted by atomic mass is 9.87. The molecule has 3 rings (SSSR count). The smallest absolute Gasteiger partial charge is 0.0508 e. The van der Waals surface area contributed by atoms with Gasteiger partial charge in [-0.15, -0.1) is 12.4 Å². The first-order chi connectivity index (χ1) is 11.0. The van der Waals surface area contributed by atoms with Gasteiger partial charge in [-0.3, -0.25) is 0 Å². The van der Waals surface area contributed by atoms with E-state index in [-0.39, 0.29) is 17.8 Å². The molecule has 130 valence electrons. The van der Waals surface area contributed by atoms with Gasteiger partial charge < -0.3 is 10.2 Å². The lowest BCUT2D eigenvalue weighted by Crippen LogP contribution is -2.43. The van der Waals surface area contributed by atoms with E-state index in [4.69, 9.17) is 0 Å². The van der Waals surface area contributed by atoms with Crippen LogP contribution in [0, 0.1) is 0 Å². The third-order valence-corrected chi connectivity index (χ3v) is 5.34. The number of nitrogens with one attached hydrogen (secondary N) is 1. The fourth-order valence-corrected chi connectivity index (χ4v) is 3.83. The van der Waals surface area contributed by atoms with Crippen molar-refractivity contribution in [1.29, 1.82) is 0 Å². The minimum absolute atomic E-state index is 0. The summed E-state index contributed by atoms with van der Waals surface area (Å²) in [5, 5.41) is 3.43. The van der Waals surface area contributed by atoms with Crippen molar-refractivity contribution < 1.29 is 0 Å². The molecule has 0 unspecified atom stereocenters. The normalized spacial score (nSPS) is 15.0. The van der Waals surface area contributed by atoms with Gasteiger partial charge in [-0.25, -0.2) is 0 Å². The third kappa shape index (κ3) is 4.69. The van der Waals surface area contributed by atoms with Crippen molar-refractivity contribution >= 4 is 29.9 Å². The molecule has 1 fully saturated rings.